The summed E-state index contributed by atoms with van der Waals surface area (Å²) < 4.78 is 16.8. The molecule has 182 valence electrons. The third kappa shape index (κ3) is 5.42. The number of hydrogen-bond donors (Lipinski definition) is 1. The van der Waals surface area contributed by atoms with Gasteiger partial charge < -0.3 is 5.32 Å². The first-order chi connectivity index (χ1) is 17.6. The second-order valence-electron chi connectivity index (χ2n) is 8.74. The molecule has 1 fully saturated rings. The van der Waals surface area contributed by atoms with E-state index in [9.17, 15) is 4.39 Å². The summed E-state index contributed by atoms with van der Waals surface area (Å²) in [5, 5.41) is 8.45. The molecule has 4 heterocycles. The summed E-state index contributed by atoms with van der Waals surface area (Å²) in [5.74, 6) is 0.165. The number of amidine groups is 1. The van der Waals surface area contributed by atoms with Gasteiger partial charge in [-0.05, 0) is 73.5 Å². The van der Waals surface area contributed by atoms with Crippen molar-refractivity contribution in [1.29, 1.82) is 0 Å². The molecule has 0 aliphatic carbocycles. The molecule has 3 aromatic rings. The number of hydrogen-bond acceptors (Lipinski definition) is 4. The van der Waals surface area contributed by atoms with Crippen molar-refractivity contribution >= 4 is 28.7 Å². The van der Waals surface area contributed by atoms with Crippen LogP contribution in [0.4, 0.5) is 4.39 Å². The first-order valence-electron chi connectivity index (χ1n) is 11.9. The van der Waals surface area contributed by atoms with Crippen LogP contribution in [0.1, 0.15) is 36.4 Å². The first kappa shape index (κ1) is 24.0. The molecule has 0 atom stereocenters. The Morgan fingerprint density at radius 2 is 1.94 bits per heavy atom. The van der Waals surface area contributed by atoms with E-state index in [1.54, 1.807) is 30.6 Å². The summed E-state index contributed by atoms with van der Waals surface area (Å²) in [7, 11) is 0. The normalized spacial score (nSPS) is 17.9. The Morgan fingerprint density at radius 3 is 2.78 bits per heavy atom. The number of aromatic nitrogens is 3. The molecule has 6 nitrogen and oxygen atoms in total. The SMILES string of the molecule is C=C/C=C\N=C1/CC(c2cncc(-c3cnn(C4CCNCC4)c3)c2)=CC(c2cc(Cl)ccc2F)=N1. The van der Waals surface area contributed by atoms with E-state index in [1.165, 1.54) is 12.1 Å². The minimum atomic E-state index is -0.395. The molecule has 0 bridgehead atoms. The van der Waals surface area contributed by atoms with Gasteiger partial charge in [-0.1, -0.05) is 24.3 Å². The molecule has 36 heavy (non-hydrogen) atoms. The van der Waals surface area contributed by atoms with Crippen LogP contribution in [0.3, 0.4) is 0 Å². The van der Waals surface area contributed by atoms with Crippen LogP contribution in [-0.4, -0.2) is 39.4 Å². The molecule has 0 radical (unpaired) electrons. The van der Waals surface area contributed by atoms with E-state index in [2.05, 4.69) is 48.9 Å². The average Bonchev–Trinajstić information content (AvgIpc) is 3.41. The van der Waals surface area contributed by atoms with Gasteiger partial charge in [0.05, 0.1) is 18.0 Å². The van der Waals surface area contributed by atoms with Gasteiger partial charge in [0.1, 0.15) is 11.7 Å². The number of dihydropyridines is 1. The lowest BCUT2D eigenvalue weighted by molar-refractivity contribution is 0.343. The highest BCUT2D eigenvalue weighted by Crippen LogP contribution is 2.29. The quantitative estimate of drug-likeness (QED) is 0.420. The summed E-state index contributed by atoms with van der Waals surface area (Å²) in [5.41, 5.74) is 4.62. The summed E-state index contributed by atoms with van der Waals surface area (Å²) in [6, 6.07) is 6.94. The molecular formula is C28H26ClFN6. The highest BCUT2D eigenvalue weighted by Gasteiger charge is 2.20. The number of benzene rings is 1. The number of rotatable bonds is 6. The zero-order chi connectivity index (χ0) is 24.9. The Morgan fingerprint density at radius 1 is 1.11 bits per heavy atom. The summed E-state index contributed by atoms with van der Waals surface area (Å²) in [6.07, 6.45) is 17.1. The van der Waals surface area contributed by atoms with Crippen molar-refractivity contribution in [2.75, 3.05) is 13.1 Å². The molecule has 1 N–H and O–H groups in total. The van der Waals surface area contributed by atoms with E-state index in [0.29, 0.717) is 34.6 Å². The third-order valence-electron chi connectivity index (χ3n) is 6.29. The predicted molar refractivity (Wildman–Crippen MR) is 144 cm³/mol. The predicted octanol–water partition coefficient (Wildman–Crippen LogP) is 6.04. The second kappa shape index (κ2) is 10.9. The lowest BCUT2D eigenvalue weighted by Gasteiger charge is -2.22. The van der Waals surface area contributed by atoms with E-state index in [-0.39, 0.29) is 0 Å². The minimum absolute atomic E-state index is 0.326. The summed E-state index contributed by atoms with van der Waals surface area (Å²) >= 11 is 6.16. The van der Waals surface area contributed by atoms with E-state index < -0.39 is 5.82 Å². The number of allylic oxidation sites excluding steroid dienone is 3. The van der Waals surface area contributed by atoms with Crippen LogP contribution in [-0.2, 0) is 0 Å². The Bertz CT molecular complexity index is 1390. The molecule has 2 aliphatic heterocycles. The lowest BCUT2D eigenvalue weighted by atomic mass is 9.95. The zero-order valence-electron chi connectivity index (χ0n) is 19.7. The molecule has 2 aliphatic rings. The van der Waals surface area contributed by atoms with Crippen LogP contribution < -0.4 is 5.32 Å². The maximum absolute atomic E-state index is 14.7. The van der Waals surface area contributed by atoms with Crippen molar-refractivity contribution in [3.63, 3.8) is 0 Å². The van der Waals surface area contributed by atoms with Crippen LogP contribution in [0.25, 0.3) is 16.7 Å². The van der Waals surface area contributed by atoms with Gasteiger partial charge in [-0.2, -0.15) is 5.10 Å². The van der Waals surface area contributed by atoms with Gasteiger partial charge in [0.2, 0.25) is 0 Å². The number of nitrogens with zero attached hydrogens (tertiary/aromatic N) is 5. The largest absolute Gasteiger partial charge is 0.317 e. The number of halogens is 2. The highest BCUT2D eigenvalue weighted by molar-refractivity contribution is 6.31. The van der Waals surface area contributed by atoms with E-state index >= 15 is 0 Å². The molecule has 1 saturated heterocycles. The maximum atomic E-state index is 14.7. The molecule has 1 aromatic carbocycles. The fraction of sp³-hybridized carbons (Fsp3) is 0.214. The lowest BCUT2D eigenvalue weighted by Crippen LogP contribution is -2.29. The monoisotopic (exact) mass is 500 g/mol. The van der Waals surface area contributed by atoms with Crippen LogP contribution >= 0.6 is 11.6 Å². The molecular weight excluding hydrogens is 475 g/mol. The van der Waals surface area contributed by atoms with Crippen molar-refractivity contribution in [2.24, 2.45) is 9.98 Å². The van der Waals surface area contributed by atoms with Crippen LogP contribution in [0.5, 0.6) is 0 Å². The van der Waals surface area contributed by atoms with E-state index in [0.717, 1.165) is 48.2 Å². The van der Waals surface area contributed by atoms with Gasteiger partial charge in [0.25, 0.3) is 0 Å². The van der Waals surface area contributed by atoms with Crippen molar-refractivity contribution in [3.05, 3.63) is 102 Å². The Kier molecular flexibility index (Phi) is 7.30. The fourth-order valence-corrected chi connectivity index (χ4v) is 4.58. The summed E-state index contributed by atoms with van der Waals surface area (Å²) in [4.78, 5) is 13.6. The molecule has 0 unspecified atom stereocenters. The number of pyridine rings is 1. The molecule has 0 saturated carbocycles. The van der Waals surface area contributed by atoms with Gasteiger partial charge in [-0.15, -0.1) is 0 Å². The van der Waals surface area contributed by atoms with Crippen LogP contribution in [0.2, 0.25) is 5.02 Å². The third-order valence-corrected chi connectivity index (χ3v) is 6.52. The van der Waals surface area contributed by atoms with Crippen LogP contribution in [0, 0.1) is 5.82 Å². The average molecular weight is 501 g/mol. The smallest absolute Gasteiger partial charge is 0.133 e. The Balaban J connectivity index is 1.50. The van der Waals surface area contributed by atoms with Crippen LogP contribution in [0.15, 0.2) is 90.0 Å². The first-order valence-corrected chi connectivity index (χ1v) is 12.3. The molecule has 2 aromatic heterocycles. The van der Waals surface area contributed by atoms with Gasteiger partial charge in [-0.3, -0.25) is 9.67 Å². The topological polar surface area (TPSA) is 67.5 Å². The Labute approximate surface area is 214 Å². The Hall–Kier alpha value is -3.68. The van der Waals surface area contributed by atoms with E-state index in [1.807, 2.05) is 18.5 Å². The number of piperidine rings is 1. The van der Waals surface area contributed by atoms with Gasteiger partial charge >= 0.3 is 0 Å². The molecule has 0 spiro atoms. The van der Waals surface area contributed by atoms with Crippen molar-refractivity contribution in [1.82, 2.24) is 20.1 Å². The van der Waals surface area contributed by atoms with Gasteiger partial charge in [0, 0.05) is 52.9 Å². The number of aliphatic imine (C=N–C) groups is 2. The zero-order valence-corrected chi connectivity index (χ0v) is 20.5. The standard InChI is InChI=1S/C28H26ClFN6/c1-2-3-8-33-28-13-19(12-27(35-28)25-14-23(29)4-5-26(25)30)20-11-21(16-32-15-20)22-17-34-36(18-22)24-6-9-31-10-7-24/h2-5,8,11-12,14-18,24,31H,1,6-7,9-10,13H2/b8-3-,33-28+. The van der Waals surface area contributed by atoms with Crippen molar-refractivity contribution in [3.8, 4) is 11.1 Å². The van der Waals surface area contributed by atoms with Gasteiger partial charge in [-0.25, -0.2) is 14.4 Å². The minimum Gasteiger partial charge on any atom is -0.317 e. The summed E-state index contributed by atoms with van der Waals surface area (Å²) in [6.45, 7) is 5.69. The highest BCUT2D eigenvalue weighted by atomic mass is 35.5. The molecule has 5 rings (SSSR count). The van der Waals surface area contributed by atoms with Crippen molar-refractivity contribution < 1.29 is 4.39 Å². The number of nitrogens with one attached hydrogen (secondary N) is 1. The maximum Gasteiger partial charge on any atom is 0.133 e. The molecule has 8 heteroatoms. The molecule has 0 amide bonds. The fourth-order valence-electron chi connectivity index (χ4n) is 4.41. The second-order valence-corrected chi connectivity index (χ2v) is 9.18. The van der Waals surface area contributed by atoms with Gasteiger partial charge in [0.15, 0.2) is 0 Å². The van der Waals surface area contributed by atoms with Crippen molar-refractivity contribution in [2.45, 2.75) is 25.3 Å². The van der Waals surface area contributed by atoms with E-state index in [4.69, 9.17) is 11.6 Å².